The minimum Gasteiger partial charge on any atom is -0.497 e. The van der Waals surface area contributed by atoms with Gasteiger partial charge in [-0.25, -0.2) is 8.42 Å². The largest absolute Gasteiger partial charge is 0.497 e. The van der Waals surface area contributed by atoms with E-state index < -0.39 is 22.2 Å². The number of aliphatic hydroxyl groups excluding tert-OH is 1. The van der Waals surface area contributed by atoms with Crippen LogP contribution in [0.3, 0.4) is 0 Å². The van der Waals surface area contributed by atoms with E-state index in [1.165, 1.54) is 30.6 Å². The molecule has 2 N–H and O–H groups in total. The van der Waals surface area contributed by atoms with Crippen molar-refractivity contribution in [2.45, 2.75) is 43.7 Å². The van der Waals surface area contributed by atoms with Crippen molar-refractivity contribution >= 4 is 38.4 Å². The van der Waals surface area contributed by atoms with Gasteiger partial charge in [0.25, 0.3) is 0 Å². The number of aromatic nitrogens is 1. The topological polar surface area (TPSA) is 130 Å². The Hall–Kier alpha value is -4.39. The first-order valence-corrected chi connectivity index (χ1v) is 17.0. The second-order valence-electron chi connectivity index (χ2n) is 12.2. The molecule has 0 saturated heterocycles. The summed E-state index contributed by atoms with van der Waals surface area (Å²) in [5.41, 5.74) is 3.00. The van der Waals surface area contributed by atoms with Crippen LogP contribution in [0.4, 0.5) is 5.69 Å². The Morgan fingerprint density at radius 2 is 1.87 bits per heavy atom. The number of nitrogens with one attached hydrogen (secondary N) is 1. The third kappa shape index (κ3) is 7.45. The molecule has 0 unspecified atom stereocenters. The second kappa shape index (κ2) is 14.2. The molecule has 47 heavy (non-hydrogen) atoms. The molecule has 3 aromatic carbocycles. The minimum absolute atomic E-state index is 0.00796. The highest BCUT2D eigenvalue weighted by Gasteiger charge is 2.33. The van der Waals surface area contributed by atoms with Gasteiger partial charge in [-0.3, -0.25) is 9.59 Å². The normalized spacial score (nSPS) is 17.8. The van der Waals surface area contributed by atoms with Crippen molar-refractivity contribution in [1.82, 2.24) is 13.8 Å². The summed E-state index contributed by atoms with van der Waals surface area (Å²) in [6.45, 7) is 3.70. The lowest BCUT2D eigenvalue weighted by atomic mass is 10.0. The molecule has 250 valence electrons. The van der Waals surface area contributed by atoms with Crippen LogP contribution in [0.1, 0.15) is 25.0 Å². The van der Waals surface area contributed by atoms with E-state index in [1.54, 1.807) is 42.2 Å². The Morgan fingerprint density at radius 1 is 1.15 bits per heavy atom. The number of methoxy groups -OCH3 is 1. The van der Waals surface area contributed by atoms with E-state index in [4.69, 9.17) is 9.47 Å². The zero-order valence-electron chi connectivity index (χ0n) is 27.3. The molecule has 0 saturated carbocycles. The number of para-hydroxylation sites is 1. The Bertz CT molecular complexity index is 1860. The second-order valence-corrected chi connectivity index (χ2v) is 14.2. The average Bonchev–Trinajstić information content (AvgIpc) is 3.39. The number of aliphatic hydroxyl groups is 1. The number of benzene rings is 3. The minimum atomic E-state index is -3.87. The van der Waals surface area contributed by atoms with Crippen LogP contribution in [0.15, 0.2) is 77.8 Å². The number of sulfonamides is 1. The zero-order valence-corrected chi connectivity index (χ0v) is 28.2. The van der Waals surface area contributed by atoms with Crippen LogP contribution in [-0.4, -0.2) is 85.1 Å². The molecule has 3 atom stereocenters. The number of fused-ring (bicyclic) bond motifs is 2. The Kier molecular flexibility index (Phi) is 10.2. The third-order valence-electron chi connectivity index (χ3n) is 8.74. The first kappa shape index (κ1) is 34.0. The maximum absolute atomic E-state index is 13.6. The van der Waals surface area contributed by atoms with Crippen LogP contribution in [0.2, 0.25) is 0 Å². The fourth-order valence-electron chi connectivity index (χ4n) is 5.95. The lowest BCUT2D eigenvalue weighted by Crippen LogP contribution is -2.48. The fraction of sp³-hybridized carbons (Fsp3) is 0.371. The zero-order chi connectivity index (χ0) is 33.9. The van der Waals surface area contributed by atoms with Crippen LogP contribution < -0.4 is 14.8 Å². The summed E-state index contributed by atoms with van der Waals surface area (Å²) in [5.74, 6) is 0.262. The van der Waals surface area contributed by atoms with Gasteiger partial charge in [0.2, 0.25) is 21.8 Å². The molecular formula is C35H42N4O7S. The van der Waals surface area contributed by atoms with Crippen molar-refractivity contribution in [1.29, 1.82) is 0 Å². The van der Waals surface area contributed by atoms with Crippen LogP contribution in [0, 0.1) is 5.92 Å². The summed E-state index contributed by atoms with van der Waals surface area (Å²) in [7, 11) is 1.08. The number of carbonyl (C=O) groups excluding carboxylic acids is 2. The van der Waals surface area contributed by atoms with Crippen molar-refractivity contribution in [2.24, 2.45) is 13.0 Å². The van der Waals surface area contributed by atoms with E-state index in [0.29, 0.717) is 22.7 Å². The van der Waals surface area contributed by atoms with Crippen LogP contribution in [-0.2, 0) is 39.5 Å². The van der Waals surface area contributed by atoms with Gasteiger partial charge in [-0.1, -0.05) is 25.1 Å². The number of rotatable bonds is 10. The molecule has 0 fully saturated rings. The molecule has 1 aromatic heterocycles. The molecule has 1 aliphatic rings. The third-order valence-corrected chi connectivity index (χ3v) is 10.6. The predicted molar refractivity (Wildman–Crippen MR) is 180 cm³/mol. The molecular weight excluding hydrogens is 620 g/mol. The van der Waals surface area contributed by atoms with Crippen molar-refractivity contribution < 1.29 is 32.6 Å². The number of carbonyl (C=O) groups is 2. The van der Waals surface area contributed by atoms with E-state index in [9.17, 15) is 23.1 Å². The molecule has 0 bridgehead atoms. The Labute approximate surface area is 275 Å². The monoisotopic (exact) mass is 662 g/mol. The van der Waals surface area contributed by atoms with Gasteiger partial charge in [0.05, 0.1) is 44.0 Å². The van der Waals surface area contributed by atoms with Gasteiger partial charge in [0.15, 0.2) is 0 Å². The quantitative estimate of drug-likeness (QED) is 0.264. The number of likely N-dealkylation sites (N-methyl/N-ethyl adjacent to an activating group) is 1. The molecule has 11 nitrogen and oxygen atoms in total. The molecule has 12 heteroatoms. The lowest BCUT2D eigenvalue weighted by molar-refractivity contribution is -0.134. The van der Waals surface area contributed by atoms with Gasteiger partial charge in [0, 0.05) is 54.9 Å². The van der Waals surface area contributed by atoms with E-state index in [0.717, 1.165) is 16.5 Å². The van der Waals surface area contributed by atoms with Crippen molar-refractivity contribution in [3.05, 3.63) is 84.1 Å². The molecule has 2 heterocycles. The van der Waals surface area contributed by atoms with Crippen LogP contribution >= 0.6 is 0 Å². The summed E-state index contributed by atoms with van der Waals surface area (Å²) >= 11 is 0. The number of anilines is 1. The SMILES string of the molecule is COc1ccc(S(=O)(=O)N(C)C[C@H]2Oc3ccc(NC(=O)Cc4cn(C)c5ccccc45)cc3CC(=O)N([C@@H](C)CO)C[C@H]2C)cc1. The molecule has 0 aliphatic carbocycles. The summed E-state index contributed by atoms with van der Waals surface area (Å²) in [5, 5.41) is 13.9. The van der Waals surface area contributed by atoms with Gasteiger partial charge in [0.1, 0.15) is 17.6 Å². The Morgan fingerprint density at radius 3 is 2.57 bits per heavy atom. The Balaban J connectivity index is 1.40. The van der Waals surface area contributed by atoms with Gasteiger partial charge >= 0.3 is 0 Å². The van der Waals surface area contributed by atoms with E-state index in [2.05, 4.69) is 5.32 Å². The molecule has 0 radical (unpaired) electrons. The standard InChI is InChI=1S/C35H42N4O7S/c1-23-19-39(24(2)22-40)35(42)18-25-16-27(36-34(41)17-26-20-37(3)31-9-7-6-8-30(26)31)10-15-32(25)46-33(23)21-38(4)47(43,44)29-13-11-28(45-5)12-14-29/h6-16,20,23-24,33,40H,17-19,21-22H2,1-5H3,(H,36,41)/t23-,24+,33-/m1/s1. The number of hydrogen-bond acceptors (Lipinski definition) is 7. The highest BCUT2D eigenvalue weighted by Crippen LogP contribution is 2.30. The maximum atomic E-state index is 13.6. The lowest BCUT2D eigenvalue weighted by Gasteiger charge is -2.33. The molecule has 5 rings (SSSR count). The number of nitrogens with zero attached hydrogens (tertiary/aromatic N) is 3. The van der Waals surface area contributed by atoms with Crippen LogP contribution in [0.5, 0.6) is 11.5 Å². The molecule has 4 aromatic rings. The first-order valence-electron chi connectivity index (χ1n) is 15.5. The van der Waals surface area contributed by atoms with Gasteiger partial charge in [-0.05, 0) is 61.0 Å². The molecule has 2 amide bonds. The smallest absolute Gasteiger partial charge is 0.242 e. The average molecular weight is 663 g/mol. The number of amides is 2. The summed E-state index contributed by atoms with van der Waals surface area (Å²) in [4.78, 5) is 28.5. The van der Waals surface area contributed by atoms with Gasteiger partial charge < -0.3 is 29.4 Å². The van der Waals surface area contributed by atoms with Gasteiger partial charge in [-0.15, -0.1) is 0 Å². The van der Waals surface area contributed by atoms with E-state index >= 15 is 0 Å². The predicted octanol–water partition coefficient (Wildman–Crippen LogP) is 3.84. The van der Waals surface area contributed by atoms with E-state index in [-0.39, 0.29) is 55.2 Å². The van der Waals surface area contributed by atoms with Gasteiger partial charge in [-0.2, -0.15) is 4.31 Å². The molecule has 1 aliphatic heterocycles. The summed E-state index contributed by atoms with van der Waals surface area (Å²) in [6, 6.07) is 18.8. The highest BCUT2D eigenvalue weighted by molar-refractivity contribution is 7.89. The first-order chi connectivity index (χ1) is 22.4. The number of aryl methyl sites for hydroxylation is 1. The molecule has 0 spiro atoms. The van der Waals surface area contributed by atoms with E-state index in [1.807, 2.05) is 49.0 Å². The van der Waals surface area contributed by atoms with Crippen LogP contribution in [0.25, 0.3) is 10.9 Å². The highest BCUT2D eigenvalue weighted by atomic mass is 32.2. The van der Waals surface area contributed by atoms with Crippen molar-refractivity contribution in [3.8, 4) is 11.5 Å². The van der Waals surface area contributed by atoms with Crippen molar-refractivity contribution in [3.63, 3.8) is 0 Å². The maximum Gasteiger partial charge on any atom is 0.242 e. The number of ether oxygens (including phenoxy) is 2. The number of hydrogen-bond donors (Lipinski definition) is 2. The summed E-state index contributed by atoms with van der Waals surface area (Å²) in [6.07, 6.45) is 1.46. The summed E-state index contributed by atoms with van der Waals surface area (Å²) < 4.78 is 41.9. The fourth-order valence-corrected chi connectivity index (χ4v) is 7.13. The van der Waals surface area contributed by atoms with Crippen molar-refractivity contribution in [2.75, 3.05) is 39.2 Å².